The number of hydrogen-bond donors (Lipinski definition) is 1. The zero-order valence-electron chi connectivity index (χ0n) is 11.9. The minimum atomic E-state index is -2.87. The normalized spacial score (nSPS) is 19.0. The van der Waals surface area contributed by atoms with Crippen molar-refractivity contribution in [1.82, 2.24) is 4.90 Å². The van der Waals surface area contributed by atoms with E-state index in [4.69, 9.17) is 11.6 Å². The van der Waals surface area contributed by atoms with Gasteiger partial charge in [-0.25, -0.2) is 0 Å². The molecule has 0 aromatic heterocycles. The zero-order chi connectivity index (χ0) is 15.4. The average Bonchev–Trinajstić information content (AvgIpc) is 2.42. The molecule has 1 atom stereocenters. The first-order valence-corrected chi connectivity index (χ1v) is 7.47. The quantitative estimate of drug-likeness (QED) is 0.901. The van der Waals surface area contributed by atoms with Gasteiger partial charge < -0.3 is 9.84 Å². The number of rotatable bonds is 5. The van der Waals surface area contributed by atoms with Crippen LogP contribution in [0.1, 0.15) is 25.3 Å². The molecule has 3 nitrogen and oxygen atoms in total. The van der Waals surface area contributed by atoms with E-state index in [1.165, 1.54) is 6.07 Å². The third-order valence-corrected chi connectivity index (χ3v) is 4.23. The lowest BCUT2D eigenvalue weighted by molar-refractivity contribution is -0.0498. The van der Waals surface area contributed by atoms with Crippen molar-refractivity contribution in [1.29, 1.82) is 0 Å². The van der Waals surface area contributed by atoms with Crippen molar-refractivity contribution in [3.05, 3.63) is 28.8 Å². The van der Waals surface area contributed by atoms with Gasteiger partial charge in [0.25, 0.3) is 0 Å². The molecule has 21 heavy (non-hydrogen) atoms. The van der Waals surface area contributed by atoms with Crippen molar-refractivity contribution in [3.8, 4) is 5.75 Å². The molecule has 1 aromatic carbocycles. The Morgan fingerprint density at radius 2 is 2.05 bits per heavy atom. The Morgan fingerprint density at radius 1 is 1.38 bits per heavy atom. The van der Waals surface area contributed by atoms with Crippen LogP contribution < -0.4 is 4.74 Å². The number of aliphatic hydroxyl groups excluding tert-OH is 1. The van der Waals surface area contributed by atoms with Gasteiger partial charge in [-0.1, -0.05) is 17.7 Å². The monoisotopic (exact) mass is 319 g/mol. The van der Waals surface area contributed by atoms with Crippen molar-refractivity contribution < 1.29 is 18.6 Å². The van der Waals surface area contributed by atoms with Gasteiger partial charge in [-0.05, 0) is 56.5 Å². The zero-order valence-corrected chi connectivity index (χ0v) is 12.7. The summed E-state index contributed by atoms with van der Waals surface area (Å²) >= 11 is 5.95. The van der Waals surface area contributed by atoms with Crippen LogP contribution in [-0.2, 0) is 6.54 Å². The summed E-state index contributed by atoms with van der Waals surface area (Å²) in [5.74, 6) is 0.370. The van der Waals surface area contributed by atoms with Gasteiger partial charge >= 0.3 is 6.61 Å². The van der Waals surface area contributed by atoms with Crippen LogP contribution in [0.25, 0.3) is 0 Å². The van der Waals surface area contributed by atoms with Gasteiger partial charge in [0.15, 0.2) is 0 Å². The fourth-order valence-corrected chi connectivity index (χ4v) is 2.93. The van der Waals surface area contributed by atoms with Crippen molar-refractivity contribution in [2.24, 2.45) is 5.92 Å². The Morgan fingerprint density at radius 3 is 2.57 bits per heavy atom. The Balaban J connectivity index is 1.91. The van der Waals surface area contributed by atoms with Crippen molar-refractivity contribution in [3.63, 3.8) is 0 Å². The minimum absolute atomic E-state index is 0.00299. The Labute approximate surface area is 128 Å². The number of piperidine rings is 1. The van der Waals surface area contributed by atoms with E-state index in [2.05, 4.69) is 9.64 Å². The van der Waals surface area contributed by atoms with Crippen molar-refractivity contribution in [2.45, 2.75) is 39.0 Å². The second-order valence-corrected chi connectivity index (χ2v) is 5.90. The van der Waals surface area contributed by atoms with Gasteiger partial charge in [0.1, 0.15) is 5.75 Å². The lowest BCUT2D eigenvalue weighted by atomic mass is 9.92. The molecule has 1 saturated heterocycles. The summed E-state index contributed by atoms with van der Waals surface area (Å²) in [6, 6.07) is 4.90. The van der Waals surface area contributed by atoms with E-state index in [0.29, 0.717) is 5.92 Å². The standard InChI is InChI=1S/C15H20ClF2NO2/c1-10(20)12-4-6-19(7-5-12)9-11-2-3-14(13(16)8-11)21-15(17)18/h2-3,8,10,12,15,20H,4-7,9H2,1H3. The molecule has 1 N–H and O–H groups in total. The molecule has 0 amide bonds. The molecule has 0 saturated carbocycles. The molecule has 2 rings (SSSR count). The molecule has 1 aliphatic heterocycles. The molecule has 6 heteroatoms. The first kappa shape index (κ1) is 16.5. The van der Waals surface area contributed by atoms with Gasteiger partial charge in [-0.3, -0.25) is 4.90 Å². The highest BCUT2D eigenvalue weighted by Crippen LogP contribution is 2.28. The van der Waals surface area contributed by atoms with Crippen LogP contribution in [0.15, 0.2) is 18.2 Å². The van der Waals surface area contributed by atoms with Crippen LogP contribution in [0.4, 0.5) is 8.78 Å². The summed E-state index contributed by atoms with van der Waals surface area (Å²) in [5.41, 5.74) is 0.970. The molecule has 0 spiro atoms. The summed E-state index contributed by atoms with van der Waals surface area (Å²) in [5, 5.41) is 9.78. The summed E-state index contributed by atoms with van der Waals surface area (Å²) < 4.78 is 28.7. The molecule has 0 aliphatic carbocycles. The number of ether oxygens (including phenoxy) is 1. The highest BCUT2D eigenvalue weighted by Gasteiger charge is 2.22. The number of halogens is 3. The predicted molar refractivity (Wildman–Crippen MR) is 77.8 cm³/mol. The summed E-state index contributed by atoms with van der Waals surface area (Å²) in [6.07, 6.45) is 1.68. The topological polar surface area (TPSA) is 32.7 Å². The van der Waals surface area contributed by atoms with Crippen LogP contribution in [0.2, 0.25) is 5.02 Å². The number of benzene rings is 1. The Hall–Kier alpha value is -0.910. The van der Waals surface area contributed by atoms with E-state index >= 15 is 0 Å². The minimum Gasteiger partial charge on any atom is -0.433 e. The first-order valence-electron chi connectivity index (χ1n) is 7.09. The van der Waals surface area contributed by atoms with Crippen LogP contribution in [0.5, 0.6) is 5.75 Å². The molecule has 0 radical (unpaired) electrons. The molecular formula is C15H20ClF2NO2. The number of aliphatic hydroxyl groups is 1. The number of hydrogen-bond acceptors (Lipinski definition) is 3. The highest BCUT2D eigenvalue weighted by atomic mass is 35.5. The number of likely N-dealkylation sites (tertiary alicyclic amines) is 1. The first-order chi connectivity index (χ1) is 9.95. The third kappa shape index (κ3) is 4.80. The van der Waals surface area contributed by atoms with Crippen LogP contribution in [0.3, 0.4) is 0 Å². The third-order valence-electron chi connectivity index (χ3n) is 3.93. The van der Waals surface area contributed by atoms with E-state index < -0.39 is 6.61 Å². The van der Waals surface area contributed by atoms with E-state index in [1.54, 1.807) is 12.1 Å². The van der Waals surface area contributed by atoms with E-state index in [0.717, 1.165) is 38.0 Å². The molecule has 0 bridgehead atoms. The fourth-order valence-electron chi connectivity index (χ4n) is 2.69. The number of alkyl halides is 2. The second kappa shape index (κ2) is 7.38. The summed E-state index contributed by atoms with van der Waals surface area (Å²) in [7, 11) is 0. The second-order valence-electron chi connectivity index (χ2n) is 5.50. The van der Waals surface area contributed by atoms with Gasteiger partial charge in [0.2, 0.25) is 0 Å². The van der Waals surface area contributed by atoms with Gasteiger partial charge in [0, 0.05) is 6.54 Å². The van der Waals surface area contributed by atoms with Gasteiger partial charge in [-0.2, -0.15) is 8.78 Å². The maximum atomic E-state index is 12.2. The SMILES string of the molecule is CC(O)C1CCN(Cc2ccc(OC(F)F)c(Cl)c2)CC1. The van der Waals surface area contributed by atoms with Crippen LogP contribution >= 0.6 is 11.6 Å². The van der Waals surface area contributed by atoms with Crippen molar-refractivity contribution >= 4 is 11.6 Å². The number of nitrogens with zero attached hydrogens (tertiary/aromatic N) is 1. The molecule has 1 aromatic rings. The lowest BCUT2D eigenvalue weighted by Gasteiger charge is -2.33. The molecule has 118 valence electrons. The van der Waals surface area contributed by atoms with Crippen LogP contribution in [-0.4, -0.2) is 35.8 Å². The molecule has 1 unspecified atom stereocenters. The molecule has 1 heterocycles. The van der Waals surface area contributed by atoms with E-state index in [9.17, 15) is 13.9 Å². The lowest BCUT2D eigenvalue weighted by Crippen LogP contribution is -2.36. The highest BCUT2D eigenvalue weighted by molar-refractivity contribution is 6.32. The van der Waals surface area contributed by atoms with Crippen LogP contribution in [0, 0.1) is 5.92 Å². The average molecular weight is 320 g/mol. The smallest absolute Gasteiger partial charge is 0.387 e. The maximum Gasteiger partial charge on any atom is 0.387 e. The predicted octanol–water partition coefficient (Wildman–Crippen LogP) is 3.53. The van der Waals surface area contributed by atoms with Gasteiger partial charge in [-0.15, -0.1) is 0 Å². The molecular weight excluding hydrogens is 300 g/mol. The molecule has 1 aliphatic rings. The summed E-state index contributed by atoms with van der Waals surface area (Å²) in [6.45, 7) is 1.53. The van der Waals surface area contributed by atoms with Crippen molar-refractivity contribution in [2.75, 3.05) is 13.1 Å². The van der Waals surface area contributed by atoms with E-state index in [1.807, 2.05) is 6.92 Å². The Kier molecular flexibility index (Phi) is 5.79. The van der Waals surface area contributed by atoms with E-state index in [-0.39, 0.29) is 16.9 Å². The van der Waals surface area contributed by atoms with Gasteiger partial charge in [0.05, 0.1) is 11.1 Å². The fraction of sp³-hybridized carbons (Fsp3) is 0.600. The largest absolute Gasteiger partial charge is 0.433 e. The maximum absolute atomic E-state index is 12.2. The molecule has 1 fully saturated rings. The summed E-state index contributed by atoms with van der Waals surface area (Å²) in [4.78, 5) is 2.28. The Bertz CT molecular complexity index is 463.